The summed E-state index contributed by atoms with van der Waals surface area (Å²) < 4.78 is 0.843. The van der Waals surface area contributed by atoms with E-state index in [-0.39, 0.29) is 0 Å². The molecule has 0 spiro atoms. The van der Waals surface area contributed by atoms with Crippen LogP contribution in [0.15, 0.2) is 22.7 Å². The zero-order valence-electron chi connectivity index (χ0n) is 9.34. The molecule has 2 unspecified atom stereocenters. The van der Waals surface area contributed by atoms with Gasteiger partial charge in [-0.05, 0) is 40.5 Å². The maximum absolute atomic E-state index is 9.36. The van der Waals surface area contributed by atoms with Crippen molar-refractivity contribution in [3.63, 3.8) is 0 Å². The number of nitrogens with zero attached hydrogens (tertiary/aromatic N) is 1. The topological polar surface area (TPSA) is 35.8 Å². The van der Waals surface area contributed by atoms with Crippen molar-refractivity contribution in [3.8, 4) is 6.07 Å². The number of hydrogen-bond donors (Lipinski definition) is 1. The van der Waals surface area contributed by atoms with E-state index in [1.165, 1.54) is 0 Å². The molecule has 1 heterocycles. The Morgan fingerprint density at radius 3 is 2.94 bits per heavy atom. The Balaban J connectivity index is 2.20. The predicted octanol–water partition coefficient (Wildman–Crippen LogP) is 4.30. The summed E-state index contributed by atoms with van der Waals surface area (Å²) in [5.41, 5.74) is 0.481. The van der Waals surface area contributed by atoms with Crippen LogP contribution in [0.4, 0.5) is 5.69 Å². The largest absolute Gasteiger partial charge is 0.367 e. The second kappa shape index (κ2) is 5.09. The summed E-state index contributed by atoms with van der Waals surface area (Å²) in [5, 5.41) is 13.9. The van der Waals surface area contributed by atoms with Gasteiger partial charge >= 0.3 is 0 Å². The molecule has 1 aromatic rings. The average Bonchev–Trinajstić information content (AvgIpc) is 2.66. The van der Waals surface area contributed by atoms with Gasteiger partial charge in [-0.25, -0.2) is 0 Å². The molecular weight excluding hydrogens is 320 g/mol. The molecule has 2 rings (SSSR count). The summed E-state index contributed by atoms with van der Waals surface area (Å²) in [5.74, 6) is 0.824. The molecule has 1 aromatic carbocycles. The monoisotopic (exact) mass is 330 g/mol. The van der Waals surface area contributed by atoms with Crippen LogP contribution in [-0.4, -0.2) is 16.5 Å². The maximum atomic E-state index is 9.36. The lowest BCUT2D eigenvalue weighted by Crippen LogP contribution is -2.36. The van der Waals surface area contributed by atoms with Gasteiger partial charge in [0.1, 0.15) is 5.54 Å². The Labute approximate surface area is 119 Å². The van der Waals surface area contributed by atoms with E-state index >= 15 is 0 Å². The lowest BCUT2D eigenvalue weighted by molar-refractivity contribution is 0.626. The first-order valence-electron chi connectivity index (χ1n) is 5.31. The Hall–Kier alpha value is -0.370. The van der Waals surface area contributed by atoms with Gasteiger partial charge in [-0.2, -0.15) is 17.0 Å². The highest BCUT2D eigenvalue weighted by Crippen LogP contribution is 2.37. The number of nitrogens with one attached hydrogen (secondary N) is 1. The van der Waals surface area contributed by atoms with Gasteiger partial charge in [-0.3, -0.25) is 0 Å². The molecule has 5 heteroatoms. The molecule has 0 amide bonds. The molecule has 0 aromatic heterocycles. The Kier molecular flexibility index (Phi) is 3.92. The maximum Gasteiger partial charge on any atom is 0.135 e. The van der Waals surface area contributed by atoms with E-state index in [2.05, 4.69) is 34.2 Å². The molecule has 0 radical (unpaired) electrons. The first kappa shape index (κ1) is 13.1. The van der Waals surface area contributed by atoms with Crippen molar-refractivity contribution in [2.45, 2.75) is 24.1 Å². The van der Waals surface area contributed by atoms with Gasteiger partial charge in [0, 0.05) is 21.2 Å². The molecule has 1 aliphatic rings. The first-order chi connectivity index (χ1) is 8.04. The van der Waals surface area contributed by atoms with Crippen molar-refractivity contribution in [3.05, 3.63) is 27.7 Å². The van der Waals surface area contributed by atoms with E-state index in [0.29, 0.717) is 10.3 Å². The molecule has 17 heavy (non-hydrogen) atoms. The van der Waals surface area contributed by atoms with Crippen LogP contribution in [0.2, 0.25) is 5.02 Å². The van der Waals surface area contributed by atoms with Gasteiger partial charge in [0.2, 0.25) is 0 Å². The van der Waals surface area contributed by atoms with E-state index in [1.54, 1.807) is 0 Å². The average molecular weight is 332 g/mol. The summed E-state index contributed by atoms with van der Waals surface area (Å²) in [6.45, 7) is 2.16. The fraction of sp³-hybridized carbons (Fsp3) is 0.417. The normalized spacial score (nSPS) is 27.8. The lowest BCUT2D eigenvalue weighted by Gasteiger charge is -2.23. The fourth-order valence-corrected chi connectivity index (χ4v) is 3.66. The van der Waals surface area contributed by atoms with Crippen LogP contribution in [0, 0.1) is 11.3 Å². The highest BCUT2D eigenvalue weighted by Gasteiger charge is 2.38. The minimum atomic E-state index is -0.447. The molecule has 0 bridgehead atoms. The van der Waals surface area contributed by atoms with Gasteiger partial charge in [-0.15, -0.1) is 0 Å². The molecule has 2 nitrogen and oxygen atoms in total. The van der Waals surface area contributed by atoms with Gasteiger partial charge < -0.3 is 5.32 Å². The van der Waals surface area contributed by atoms with E-state index in [1.807, 2.05) is 30.0 Å². The summed E-state index contributed by atoms with van der Waals surface area (Å²) in [4.78, 5) is 0. The number of benzene rings is 1. The number of hydrogen-bond acceptors (Lipinski definition) is 3. The third-order valence-electron chi connectivity index (χ3n) is 2.77. The second-order valence-electron chi connectivity index (χ2n) is 4.27. The van der Waals surface area contributed by atoms with Crippen LogP contribution in [0.3, 0.4) is 0 Å². The molecule has 1 aliphatic heterocycles. The smallest absolute Gasteiger partial charge is 0.135 e. The van der Waals surface area contributed by atoms with Crippen LogP contribution in [-0.2, 0) is 0 Å². The minimum Gasteiger partial charge on any atom is -0.367 e. The van der Waals surface area contributed by atoms with Gasteiger partial charge in [0.05, 0.1) is 11.1 Å². The van der Waals surface area contributed by atoms with E-state index < -0.39 is 5.54 Å². The molecule has 1 fully saturated rings. The molecule has 1 saturated heterocycles. The van der Waals surface area contributed by atoms with Crippen molar-refractivity contribution < 1.29 is 0 Å². The zero-order valence-corrected chi connectivity index (χ0v) is 12.5. The van der Waals surface area contributed by atoms with Crippen LogP contribution >= 0.6 is 39.3 Å². The fourth-order valence-electron chi connectivity index (χ4n) is 1.94. The van der Waals surface area contributed by atoms with Crippen molar-refractivity contribution in [2.24, 2.45) is 0 Å². The van der Waals surface area contributed by atoms with E-state index in [4.69, 9.17) is 11.6 Å². The van der Waals surface area contributed by atoms with Crippen molar-refractivity contribution >= 4 is 45.0 Å². The predicted molar refractivity (Wildman–Crippen MR) is 77.7 cm³/mol. The number of halogens is 2. The summed E-state index contributed by atoms with van der Waals surface area (Å²) in [6.07, 6.45) is 0.869. The molecule has 0 saturated carbocycles. The third-order valence-corrected chi connectivity index (χ3v) is 5.38. The molecule has 1 N–H and O–H groups in total. The van der Waals surface area contributed by atoms with E-state index in [9.17, 15) is 5.26 Å². The third kappa shape index (κ3) is 2.90. The molecular formula is C12H12BrClN2S. The Morgan fingerprint density at radius 1 is 1.65 bits per heavy atom. The van der Waals surface area contributed by atoms with Crippen LogP contribution in [0.1, 0.15) is 13.3 Å². The van der Waals surface area contributed by atoms with Gasteiger partial charge in [-0.1, -0.05) is 18.5 Å². The van der Waals surface area contributed by atoms with Crippen molar-refractivity contribution in [1.82, 2.24) is 0 Å². The molecule has 0 aliphatic carbocycles. The standard InChI is InChI=1S/C12H12BrClN2S/c1-8-5-12(6-15,7-17-8)16-9-2-3-11(14)10(13)4-9/h2-4,8,16H,5,7H2,1H3. The summed E-state index contributed by atoms with van der Waals surface area (Å²) in [7, 11) is 0. The van der Waals surface area contributed by atoms with Gasteiger partial charge in [0.25, 0.3) is 0 Å². The highest BCUT2D eigenvalue weighted by molar-refractivity contribution is 9.10. The van der Waals surface area contributed by atoms with Crippen molar-refractivity contribution in [2.75, 3.05) is 11.1 Å². The van der Waals surface area contributed by atoms with Crippen LogP contribution in [0.5, 0.6) is 0 Å². The molecule has 90 valence electrons. The number of thioether (sulfide) groups is 1. The SMILES string of the molecule is CC1CC(C#N)(Nc2ccc(Cl)c(Br)c2)CS1. The lowest BCUT2D eigenvalue weighted by atomic mass is 9.98. The highest BCUT2D eigenvalue weighted by atomic mass is 79.9. The summed E-state index contributed by atoms with van der Waals surface area (Å²) >= 11 is 11.2. The Morgan fingerprint density at radius 2 is 2.41 bits per heavy atom. The second-order valence-corrected chi connectivity index (χ2v) is 6.96. The van der Waals surface area contributed by atoms with Gasteiger partial charge in [0.15, 0.2) is 0 Å². The Bertz CT molecular complexity index is 474. The minimum absolute atomic E-state index is 0.447. The van der Waals surface area contributed by atoms with E-state index in [0.717, 1.165) is 22.3 Å². The number of nitriles is 1. The number of rotatable bonds is 2. The van der Waals surface area contributed by atoms with Crippen LogP contribution in [0.25, 0.3) is 0 Å². The quantitative estimate of drug-likeness (QED) is 0.877. The summed E-state index contributed by atoms with van der Waals surface area (Å²) in [6, 6.07) is 8.05. The van der Waals surface area contributed by atoms with Crippen LogP contribution < -0.4 is 5.32 Å². The first-order valence-corrected chi connectivity index (χ1v) is 7.53. The van der Waals surface area contributed by atoms with Crippen molar-refractivity contribution in [1.29, 1.82) is 5.26 Å². The number of anilines is 1. The molecule has 2 atom stereocenters. The zero-order chi connectivity index (χ0) is 12.5.